The van der Waals surface area contributed by atoms with Gasteiger partial charge in [0.05, 0.1) is 6.42 Å². The van der Waals surface area contributed by atoms with Gasteiger partial charge in [0.1, 0.15) is 6.04 Å². The third-order valence-corrected chi connectivity index (χ3v) is 3.47. The molecule has 1 atom stereocenters. The number of nitrogens with one attached hydrogen (secondary N) is 2. The van der Waals surface area contributed by atoms with Crippen molar-refractivity contribution < 1.29 is 9.59 Å². The van der Waals surface area contributed by atoms with Crippen LogP contribution in [0.25, 0.3) is 0 Å². The summed E-state index contributed by atoms with van der Waals surface area (Å²) in [5, 5.41) is 5.70. The van der Waals surface area contributed by atoms with Gasteiger partial charge in [-0.3, -0.25) is 14.9 Å². The zero-order chi connectivity index (χ0) is 12.5. The number of amides is 2. The van der Waals surface area contributed by atoms with E-state index in [1.807, 2.05) is 23.1 Å². The Bertz CT molecular complexity index is 501. The van der Waals surface area contributed by atoms with Crippen molar-refractivity contribution in [2.45, 2.75) is 19.0 Å². The Labute approximate surface area is 105 Å². The summed E-state index contributed by atoms with van der Waals surface area (Å²) in [5.74, 6) is -0.364. The molecule has 2 amide bonds. The molecule has 0 aliphatic carbocycles. The van der Waals surface area contributed by atoms with Gasteiger partial charge < -0.3 is 10.2 Å². The Kier molecular flexibility index (Phi) is 2.76. The summed E-state index contributed by atoms with van der Waals surface area (Å²) in [6.07, 6.45) is 0.257. The number of para-hydroxylation sites is 1. The monoisotopic (exact) mass is 245 g/mol. The zero-order valence-corrected chi connectivity index (χ0v) is 9.98. The summed E-state index contributed by atoms with van der Waals surface area (Å²) < 4.78 is 0. The van der Waals surface area contributed by atoms with Crippen molar-refractivity contribution in [2.24, 2.45) is 0 Å². The predicted octanol–water partition coefficient (Wildman–Crippen LogP) is 0.0113. The normalized spacial score (nSPS) is 23.6. The molecule has 1 fully saturated rings. The second-order valence-corrected chi connectivity index (χ2v) is 4.63. The zero-order valence-electron chi connectivity index (χ0n) is 9.98. The molecule has 0 radical (unpaired) electrons. The summed E-state index contributed by atoms with van der Waals surface area (Å²) in [5.41, 5.74) is 2.22. The maximum absolute atomic E-state index is 11.8. The molecule has 0 bridgehead atoms. The van der Waals surface area contributed by atoms with Gasteiger partial charge in [-0.1, -0.05) is 18.2 Å². The molecule has 18 heavy (non-hydrogen) atoms. The molecule has 0 spiro atoms. The molecule has 2 heterocycles. The Morgan fingerprint density at radius 3 is 2.83 bits per heavy atom. The fraction of sp³-hybridized carbons (Fsp3) is 0.385. The van der Waals surface area contributed by atoms with E-state index in [0.29, 0.717) is 0 Å². The van der Waals surface area contributed by atoms with E-state index in [1.54, 1.807) is 0 Å². The Morgan fingerprint density at radius 2 is 2.06 bits per heavy atom. The molecule has 2 N–H and O–H groups in total. The van der Waals surface area contributed by atoms with Crippen LogP contribution >= 0.6 is 0 Å². The molecule has 1 unspecified atom stereocenters. The standard InChI is InChI=1S/C13H15N3O2/c17-12-7-11(13(18)15-12)16-6-5-14-8-9-3-1-2-4-10(9)16/h1-4,11,14H,5-8H2,(H,15,17,18). The lowest BCUT2D eigenvalue weighted by molar-refractivity contribution is -0.125. The number of hydrogen-bond acceptors (Lipinski definition) is 4. The number of benzene rings is 1. The van der Waals surface area contributed by atoms with Crippen LogP contribution in [0.1, 0.15) is 12.0 Å². The molecule has 94 valence electrons. The molecule has 0 aromatic heterocycles. The van der Waals surface area contributed by atoms with E-state index in [4.69, 9.17) is 0 Å². The molecule has 2 aliphatic heterocycles. The molecular formula is C13H15N3O2. The fourth-order valence-corrected chi connectivity index (χ4v) is 2.60. The molecule has 1 saturated heterocycles. The van der Waals surface area contributed by atoms with Gasteiger partial charge in [-0.25, -0.2) is 0 Å². The minimum atomic E-state index is -0.362. The third kappa shape index (κ3) is 1.86. The second-order valence-electron chi connectivity index (χ2n) is 4.63. The largest absolute Gasteiger partial charge is 0.358 e. The van der Waals surface area contributed by atoms with Crippen LogP contribution in [0.2, 0.25) is 0 Å². The van der Waals surface area contributed by atoms with Gasteiger partial charge in [-0.15, -0.1) is 0 Å². The SMILES string of the molecule is O=C1CC(N2CCNCc3ccccc32)C(=O)N1. The predicted molar refractivity (Wildman–Crippen MR) is 67.0 cm³/mol. The number of hydrogen-bond donors (Lipinski definition) is 2. The van der Waals surface area contributed by atoms with Crippen LogP contribution in [0.4, 0.5) is 5.69 Å². The minimum absolute atomic E-state index is 0.181. The summed E-state index contributed by atoms with van der Waals surface area (Å²) in [6.45, 7) is 2.35. The summed E-state index contributed by atoms with van der Waals surface area (Å²) in [6, 6.07) is 7.65. The van der Waals surface area contributed by atoms with Crippen LogP contribution in [0.5, 0.6) is 0 Å². The lowest BCUT2D eigenvalue weighted by atomic mass is 10.1. The van der Waals surface area contributed by atoms with E-state index < -0.39 is 0 Å². The number of imide groups is 1. The molecule has 1 aromatic carbocycles. The molecular weight excluding hydrogens is 230 g/mol. The van der Waals surface area contributed by atoms with E-state index in [2.05, 4.69) is 16.7 Å². The van der Waals surface area contributed by atoms with Crippen molar-refractivity contribution in [2.75, 3.05) is 18.0 Å². The molecule has 5 nitrogen and oxygen atoms in total. The highest BCUT2D eigenvalue weighted by molar-refractivity contribution is 6.07. The van der Waals surface area contributed by atoms with Crippen molar-refractivity contribution in [1.29, 1.82) is 0 Å². The van der Waals surface area contributed by atoms with E-state index in [9.17, 15) is 9.59 Å². The maximum atomic E-state index is 11.8. The van der Waals surface area contributed by atoms with Gasteiger partial charge in [0, 0.05) is 25.3 Å². The van der Waals surface area contributed by atoms with E-state index in [-0.39, 0.29) is 24.3 Å². The quantitative estimate of drug-likeness (QED) is 0.684. The maximum Gasteiger partial charge on any atom is 0.249 e. The number of fused-ring (bicyclic) bond motifs is 1. The van der Waals surface area contributed by atoms with Crippen LogP contribution in [-0.2, 0) is 16.1 Å². The van der Waals surface area contributed by atoms with Crippen molar-refractivity contribution in [1.82, 2.24) is 10.6 Å². The van der Waals surface area contributed by atoms with Crippen LogP contribution in [0, 0.1) is 0 Å². The van der Waals surface area contributed by atoms with Crippen molar-refractivity contribution in [3.63, 3.8) is 0 Å². The minimum Gasteiger partial charge on any atom is -0.358 e. The number of carbonyl (C=O) groups excluding carboxylic acids is 2. The number of rotatable bonds is 1. The van der Waals surface area contributed by atoms with Gasteiger partial charge in [-0.2, -0.15) is 0 Å². The fourth-order valence-electron chi connectivity index (χ4n) is 2.60. The average molecular weight is 245 g/mol. The number of nitrogens with zero attached hydrogens (tertiary/aromatic N) is 1. The lowest BCUT2D eigenvalue weighted by Gasteiger charge is -2.28. The average Bonchev–Trinajstić information content (AvgIpc) is 2.60. The van der Waals surface area contributed by atoms with E-state index >= 15 is 0 Å². The van der Waals surface area contributed by atoms with Crippen molar-refractivity contribution in [3.05, 3.63) is 29.8 Å². The van der Waals surface area contributed by atoms with Gasteiger partial charge in [0.15, 0.2) is 0 Å². The highest BCUT2D eigenvalue weighted by atomic mass is 16.2. The molecule has 0 saturated carbocycles. The van der Waals surface area contributed by atoms with Gasteiger partial charge in [-0.05, 0) is 11.6 Å². The van der Waals surface area contributed by atoms with Crippen molar-refractivity contribution in [3.8, 4) is 0 Å². The van der Waals surface area contributed by atoms with Gasteiger partial charge >= 0.3 is 0 Å². The first kappa shape index (κ1) is 11.2. The molecule has 1 aromatic rings. The number of carbonyl (C=O) groups is 2. The summed E-state index contributed by atoms with van der Waals surface area (Å²) in [4.78, 5) is 25.2. The smallest absolute Gasteiger partial charge is 0.249 e. The van der Waals surface area contributed by atoms with E-state index in [0.717, 1.165) is 25.3 Å². The third-order valence-electron chi connectivity index (χ3n) is 3.47. The van der Waals surface area contributed by atoms with Crippen LogP contribution in [-0.4, -0.2) is 30.9 Å². The lowest BCUT2D eigenvalue weighted by Crippen LogP contribution is -2.42. The first-order chi connectivity index (χ1) is 8.75. The first-order valence-electron chi connectivity index (χ1n) is 6.14. The van der Waals surface area contributed by atoms with Gasteiger partial charge in [0.2, 0.25) is 11.8 Å². The molecule has 2 aliphatic rings. The van der Waals surface area contributed by atoms with Crippen LogP contribution in [0.3, 0.4) is 0 Å². The highest BCUT2D eigenvalue weighted by Gasteiger charge is 2.36. The summed E-state index contributed by atoms with van der Waals surface area (Å²) >= 11 is 0. The Balaban J connectivity index is 1.97. The Hall–Kier alpha value is -1.88. The van der Waals surface area contributed by atoms with Crippen molar-refractivity contribution >= 4 is 17.5 Å². The highest BCUT2D eigenvalue weighted by Crippen LogP contribution is 2.26. The van der Waals surface area contributed by atoms with Crippen LogP contribution in [0.15, 0.2) is 24.3 Å². The van der Waals surface area contributed by atoms with Crippen LogP contribution < -0.4 is 15.5 Å². The summed E-state index contributed by atoms with van der Waals surface area (Å²) in [7, 11) is 0. The number of anilines is 1. The molecule has 5 heteroatoms. The Morgan fingerprint density at radius 1 is 1.22 bits per heavy atom. The molecule has 3 rings (SSSR count). The first-order valence-corrected chi connectivity index (χ1v) is 6.14. The second kappa shape index (κ2) is 4.42. The van der Waals surface area contributed by atoms with E-state index in [1.165, 1.54) is 5.56 Å². The topological polar surface area (TPSA) is 61.4 Å². The van der Waals surface area contributed by atoms with Gasteiger partial charge in [0.25, 0.3) is 0 Å².